The van der Waals surface area contributed by atoms with E-state index in [2.05, 4.69) is 121 Å². The summed E-state index contributed by atoms with van der Waals surface area (Å²) in [6, 6.07) is 61.5. The Morgan fingerprint density at radius 2 is 0.833 bits per heavy atom. The van der Waals surface area contributed by atoms with Gasteiger partial charge in [0.25, 0.3) is 0 Å². The number of hydrogen-bond donors (Lipinski definition) is 0. The SMILES string of the molecule is c1ccc(-c2nc(-c3ccc(-c4c5ccccc5c(-c5ccccc5)c5sc6ccccc6c45)cc3)nc(-c3ccc4c(c3)oc3ccccc34)n2)cc1. The van der Waals surface area contributed by atoms with Crippen LogP contribution in [0.3, 0.4) is 0 Å². The Morgan fingerprint density at radius 1 is 0.352 bits per heavy atom. The molecule has 0 N–H and O–H groups in total. The molecule has 11 rings (SSSR count). The lowest BCUT2D eigenvalue weighted by molar-refractivity contribution is 0.669. The highest BCUT2D eigenvalue weighted by atomic mass is 32.1. The molecule has 4 nitrogen and oxygen atoms in total. The first-order chi connectivity index (χ1) is 26.8. The first kappa shape index (κ1) is 30.7. The van der Waals surface area contributed by atoms with Gasteiger partial charge >= 0.3 is 0 Å². The quantitative estimate of drug-likeness (QED) is 0.179. The van der Waals surface area contributed by atoms with E-state index in [0.717, 1.165) is 44.2 Å². The number of hydrogen-bond acceptors (Lipinski definition) is 5. The van der Waals surface area contributed by atoms with Crippen LogP contribution in [0.25, 0.3) is 109 Å². The van der Waals surface area contributed by atoms with E-state index in [9.17, 15) is 0 Å². The van der Waals surface area contributed by atoms with Gasteiger partial charge in [0.1, 0.15) is 11.2 Å². The zero-order valence-corrected chi connectivity index (χ0v) is 29.7. The zero-order chi connectivity index (χ0) is 35.6. The molecular weight excluding hydrogens is 679 g/mol. The zero-order valence-electron chi connectivity index (χ0n) is 28.9. The smallest absolute Gasteiger partial charge is 0.164 e. The molecular formula is C49H29N3OS. The Hall–Kier alpha value is -6.95. The van der Waals surface area contributed by atoms with E-state index in [-0.39, 0.29) is 0 Å². The van der Waals surface area contributed by atoms with Gasteiger partial charge in [-0.2, -0.15) is 0 Å². The molecule has 3 aromatic heterocycles. The first-order valence-electron chi connectivity index (χ1n) is 18.0. The van der Waals surface area contributed by atoms with Gasteiger partial charge in [0.15, 0.2) is 17.5 Å². The largest absolute Gasteiger partial charge is 0.456 e. The molecule has 0 bridgehead atoms. The number of para-hydroxylation sites is 1. The number of fused-ring (bicyclic) bond motifs is 7. The van der Waals surface area contributed by atoms with Gasteiger partial charge in [-0.25, -0.2) is 15.0 Å². The fourth-order valence-corrected chi connectivity index (χ4v) is 9.13. The van der Waals surface area contributed by atoms with Gasteiger partial charge in [0, 0.05) is 53.2 Å². The lowest BCUT2D eigenvalue weighted by Crippen LogP contribution is -2.00. The molecule has 5 heteroatoms. The number of rotatable bonds is 5. The van der Waals surface area contributed by atoms with Gasteiger partial charge in [0.2, 0.25) is 0 Å². The van der Waals surface area contributed by atoms with E-state index in [1.54, 1.807) is 0 Å². The van der Waals surface area contributed by atoms with Crippen LogP contribution in [0.1, 0.15) is 0 Å². The molecule has 54 heavy (non-hydrogen) atoms. The molecule has 0 radical (unpaired) electrons. The predicted octanol–water partition coefficient (Wildman–Crippen LogP) is 13.6. The molecule has 0 saturated heterocycles. The second-order valence-electron chi connectivity index (χ2n) is 13.5. The van der Waals surface area contributed by atoms with Crippen LogP contribution >= 0.6 is 11.3 Å². The molecule has 11 aromatic rings. The molecule has 252 valence electrons. The summed E-state index contributed by atoms with van der Waals surface area (Å²) in [5.74, 6) is 1.84. The van der Waals surface area contributed by atoms with Crippen molar-refractivity contribution >= 4 is 64.2 Å². The summed E-state index contributed by atoms with van der Waals surface area (Å²) in [7, 11) is 0. The second-order valence-corrected chi connectivity index (χ2v) is 14.6. The van der Waals surface area contributed by atoms with Crippen LogP contribution in [-0.4, -0.2) is 15.0 Å². The molecule has 3 heterocycles. The number of furan rings is 1. The second kappa shape index (κ2) is 12.3. The highest BCUT2D eigenvalue weighted by Gasteiger charge is 2.21. The first-order valence-corrected chi connectivity index (χ1v) is 18.8. The fourth-order valence-electron chi connectivity index (χ4n) is 7.84. The van der Waals surface area contributed by atoms with Crippen molar-refractivity contribution in [2.24, 2.45) is 0 Å². The molecule has 0 atom stereocenters. The highest BCUT2D eigenvalue weighted by Crippen LogP contribution is 2.50. The van der Waals surface area contributed by atoms with Crippen LogP contribution in [-0.2, 0) is 0 Å². The van der Waals surface area contributed by atoms with Crippen molar-refractivity contribution in [2.45, 2.75) is 0 Å². The van der Waals surface area contributed by atoms with E-state index in [1.165, 1.54) is 47.6 Å². The molecule has 0 aliphatic carbocycles. The third kappa shape index (κ3) is 4.94. The summed E-state index contributed by atoms with van der Waals surface area (Å²) in [5, 5.41) is 7.20. The molecule has 0 unspecified atom stereocenters. The Kier molecular flexibility index (Phi) is 7.00. The Labute approximate surface area is 314 Å². The third-order valence-electron chi connectivity index (χ3n) is 10.3. The maximum Gasteiger partial charge on any atom is 0.164 e. The number of benzene rings is 8. The van der Waals surface area contributed by atoms with Crippen LogP contribution in [0.4, 0.5) is 0 Å². The lowest BCUT2D eigenvalue weighted by Gasteiger charge is -2.16. The highest BCUT2D eigenvalue weighted by molar-refractivity contribution is 7.26. The fraction of sp³-hybridized carbons (Fsp3) is 0. The third-order valence-corrected chi connectivity index (χ3v) is 11.5. The maximum absolute atomic E-state index is 6.24. The van der Waals surface area contributed by atoms with E-state index < -0.39 is 0 Å². The molecule has 8 aromatic carbocycles. The van der Waals surface area contributed by atoms with Gasteiger partial charge < -0.3 is 4.42 Å². The van der Waals surface area contributed by atoms with E-state index in [1.807, 2.05) is 65.9 Å². The van der Waals surface area contributed by atoms with Crippen molar-refractivity contribution in [1.82, 2.24) is 15.0 Å². The summed E-state index contributed by atoms with van der Waals surface area (Å²) >= 11 is 1.87. The van der Waals surface area contributed by atoms with Crippen LogP contribution < -0.4 is 0 Å². The van der Waals surface area contributed by atoms with Crippen molar-refractivity contribution in [3.05, 3.63) is 176 Å². The standard InChI is InChI=1S/C49H29N3OS/c1-3-13-30(14-4-1)44-38-19-8-7-18-37(38)43(45-39-20-10-12-22-42(39)54-46(44)45)31-23-25-33(26-24-31)48-50-47(32-15-5-2-6-16-32)51-49(52-48)34-27-28-36-35-17-9-11-21-40(35)53-41(36)29-34/h1-29H. The topological polar surface area (TPSA) is 51.8 Å². The van der Waals surface area contributed by atoms with Crippen LogP contribution in [0.15, 0.2) is 180 Å². The van der Waals surface area contributed by atoms with Crippen LogP contribution in [0.2, 0.25) is 0 Å². The molecule has 0 spiro atoms. The summed E-state index contributed by atoms with van der Waals surface area (Å²) in [4.78, 5) is 15.1. The molecule has 0 aliphatic rings. The average Bonchev–Trinajstić information content (AvgIpc) is 3.81. The Balaban J connectivity index is 1.09. The molecule has 0 fully saturated rings. The summed E-state index contributed by atoms with van der Waals surface area (Å²) < 4.78 is 8.83. The van der Waals surface area contributed by atoms with Crippen molar-refractivity contribution in [2.75, 3.05) is 0 Å². The monoisotopic (exact) mass is 707 g/mol. The Morgan fingerprint density at radius 3 is 1.56 bits per heavy atom. The molecule has 0 amide bonds. The summed E-state index contributed by atoms with van der Waals surface area (Å²) in [6.07, 6.45) is 0. The van der Waals surface area contributed by atoms with Crippen molar-refractivity contribution in [3.8, 4) is 56.4 Å². The lowest BCUT2D eigenvalue weighted by atomic mass is 9.88. The van der Waals surface area contributed by atoms with Crippen molar-refractivity contribution < 1.29 is 4.42 Å². The average molecular weight is 708 g/mol. The van der Waals surface area contributed by atoms with Gasteiger partial charge in [-0.3, -0.25) is 0 Å². The van der Waals surface area contributed by atoms with Crippen LogP contribution in [0, 0.1) is 0 Å². The number of thiophene rings is 1. The van der Waals surface area contributed by atoms with Gasteiger partial charge in [0.05, 0.1) is 0 Å². The van der Waals surface area contributed by atoms with Crippen LogP contribution in [0.5, 0.6) is 0 Å². The van der Waals surface area contributed by atoms with E-state index in [0.29, 0.717) is 17.5 Å². The van der Waals surface area contributed by atoms with Crippen molar-refractivity contribution in [1.29, 1.82) is 0 Å². The minimum absolute atomic E-state index is 0.597. The van der Waals surface area contributed by atoms with Gasteiger partial charge in [-0.1, -0.05) is 152 Å². The van der Waals surface area contributed by atoms with E-state index in [4.69, 9.17) is 19.4 Å². The summed E-state index contributed by atoms with van der Waals surface area (Å²) in [5.41, 5.74) is 9.29. The van der Waals surface area contributed by atoms with Gasteiger partial charge in [-0.15, -0.1) is 11.3 Å². The normalized spacial score (nSPS) is 11.7. The maximum atomic E-state index is 6.24. The van der Waals surface area contributed by atoms with Gasteiger partial charge in [-0.05, 0) is 51.7 Å². The predicted molar refractivity (Wildman–Crippen MR) is 225 cm³/mol. The number of nitrogens with zero attached hydrogens (tertiary/aromatic N) is 3. The van der Waals surface area contributed by atoms with E-state index >= 15 is 0 Å². The number of aromatic nitrogens is 3. The minimum Gasteiger partial charge on any atom is -0.456 e. The summed E-state index contributed by atoms with van der Waals surface area (Å²) in [6.45, 7) is 0. The minimum atomic E-state index is 0.597. The van der Waals surface area contributed by atoms with Crippen molar-refractivity contribution in [3.63, 3.8) is 0 Å². The molecule has 0 saturated carbocycles. The molecule has 0 aliphatic heterocycles. The Bertz CT molecular complexity index is 3200.